The van der Waals surface area contributed by atoms with Crippen LogP contribution in [-0.4, -0.2) is 36.6 Å². The summed E-state index contributed by atoms with van der Waals surface area (Å²) < 4.78 is 6.45. The highest BCUT2D eigenvalue weighted by molar-refractivity contribution is 9.10. The molecule has 1 aliphatic rings. The van der Waals surface area contributed by atoms with Crippen LogP contribution in [0.3, 0.4) is 0 Å². The second-order valence-electron chi connectivity index (χ2n) is 4.63. The van der Waals surface area contributed by atoms with Gasteiger partial charge >= 0.3 is 0 Å². The molecule has 1 aliphatic heterocycles. The Balaban J connectivity index is 2.12. The number of rotatable bonds is 3. The number of benzene rings is 1. The molecule has 1 unspecified atom stereocenters. The predicted octanol–water partition coefficient (Wildman–Crippen LogP) is 3.38. The number of carbonyl (C=O) groups is 1. The first-order valence-electron chi connectivity index (χ1n) is 6.51. The largest absolute Gasteiger partial charge is 0.377 e. The van der Waals surface area contributed by atoms with E-state index in [1.807, 2.05) is 24.0 Å². The Hall–Kier alpha value is -0.520. The number of thiol groups is 1. The monoisotopic (exact) mass is 343 g/mol. The smallest absolute Gasteiger partial charge is 0.255 e. The molecule has 1 heterocycles. The number of piperidine rings is 1. The van der Waals surface area contributed by atoms with Crippen LogP contribution in [0.2, 0.25) is 0 Å². The SMILES string of the molecule is CCOC1CCCN(C(=O)c2cc(S)ccc2Br)C1. The fourth-order valence-electron chi connectivity index (χ4n) is 2.34. The van der Waals surface area contributed by atoms with Gasteiger partial charge in [-0.05, 0) is 53.9 Å². The molecule has 104 valence electrons. The summed E-state index contributed by atoms with van der Waals surface area (Å²) in [4.78, 5) is 15.2. The second kappa shape index (κ2) is 6.77. The molecule has 3 nitrogen and oxygen atoms in total. The molecule has 1 fully saturated rings. The molecule has 1 saturated heterocycles. The van der Waals surface area contributed by atoms with Gasteiger partial charge in [0, 0.05) is 29.1 Å². The average molecular weight is 344 g/mol. The van der Waals surface area contributed by atoms with Crippen molar-refractivity contribution in [1.82, 2.24) is 4.90 Å². The lowest BCUT2D eigenvalue weighted by Gasteiger charge is -2.32. The summed E-state index contributed by atoms with van der Waals surface area (Å²) >= 11 is 7.73. The van der Waals surface area contributed by atoms with E-state index < -0.39 is 0 Å². The van der Waals surface area contributed by atoms with E-state index in [-0.39, 0.29) is 12.0 Å². The first kappa shape index (κ1) is 14.9. The van der Waals surface area contributed by atoms with Gasteiger partial charge in [0.15, 0.2) is 0 Å². The molecule has 1 aromatic carbocycles. The van der Waals surface area contributed by atoms with Crippen molar-refractivity contribution in [2.45, 2.75) is 30.8 Å². The summed E-state index contributed by atoms with van der Waals surface area (Å²) in [5, 5.41) is 0. The molecule has 0 aromatic heterocycles. The van der Waals surface area contributed by atoms with Crippen molar-refractivity contribution in [3.05, 3.63) is 28.2 Å². The maximum atomic E-state index is 12.5. The Morgan fingerprint density at radius 1 is 1.58 bits per heavy atom. The molecule has 19 heavy (non-hydrogen) atoms. The lowest BCUT2D eigenvalue weighted by atomic mass is 10.1. The quantitative estimate of drug-likeness (QED) is 0.852. The lowest BCUT2D eigenvalue weighted by Crippen LogP contribution is -2.43. The van der Waals surface area contributed by atoms with Crippen molar-refractivity contribution >= 4 is 34.5 Å². The summed E-state index contributed by atoms with van der Waals surface area (Å²) in [6.45, 7) is 4.16. The minimum atomic E-state index is 0.0483. The van der Waals surface area contributed by atoms with Gasteiger partial charge in [0.25, 0.3) is 5.91 Å². The zero-order valence-electron chi connectivity index (χ0n) is 10.9. The number of hydrogen-bond acceptors (Lipinski definition) is 3. The molecule has 0 radical (unpaired) electrons. The van der Waals surface area contributed by atoms with Crippen molar-refractivity contribution < 1.29 is 9.53 Å². The summed E-state index contributed by atoms with van der Waals surface area (Å²) in [6.07, 6.45) is 2.20. The van der Waals surface area contributed by atoms with E-state index in [0.717, 1.165) is 28.8 Å². The van der Waals surface area contributed by atoms with E-state index in [1.165, 1.54) is 0 Å². The molecule has 0 saturated carbocycles. The van der Waals surface area contributed by atoms with Gasteiger partial charge in [0.2, 0.25) is 0 Å². The van der Waals surface area contributed by atoms with E-state index in [9.17, 15) is 4.79 Å². The van der Waals surface area contributed by atoms with Gasteiger partial charge in [-0.1, -0.05) is 0 Å². The Bertz CT molecular complexity index is 465. The third kappa shape index (κ3) is 3.74. The van der Waals surface area contributed by atoms with Crippen LogP contribution in [0.15, 0.2) is 27.6 Å². The number of carbonyl (C=O) groups excluding carboxylic acids is 1. The predicted molar refractivity (Wildman–Crippen MR) is 81.9 cm³/mol. The molecule has 1 atom stereocenters. The Kier molecular flexibility index (Phi) is 5.30. The molecular weight excluding hydrogens is 326 g/mol. The fourth-order valence-corrected chi connectivity index (χ4v) is 2.96. The first-order valence-corrected chi connectivity index (χ1v) is 7.75. The fraction of sp³-hybridized carbons (Fsp3) is 0.500. The number of amides is 1. The topological polar surface area (TPSA) is 29.5 Å². The van der Waals surface area contributed by atoms with Crippen LogP contribution in [0.5, 0.6) is 0 Å². The Morgan fingerprint density at radius 2 is 2.37 bits per heavy atom. The first-order chi connectivity index (χ1) is 9.11. The highest BCUT2D eigenvalue weighted by Crippen LogP contribution is 2.23. The molecule has 0 bridgehead atoms. The molecule has 0 aliphatic carbocycles. The summed E-state index contributed by atoms with van der Waals surface area (Å²) in [5.74, 6) is 0.0483. The number of hydrogen-bond donors (Lipinski definition) is 1. The van der Waals surface area contributed by atoms with E-state index in [2.05, 4.69) is 28.6 Å². The van der Waals surface area contributed by atoms with E-state index >= 15 is 0 Å². The van der Waals surface area contributed by atoms with Crippen molar-refractivity contribution in [2.75, 3.05) is 19.7 Å². The van der Waals surface area contributed by atoms with Crippen LogP contribution in [0.4, 0.5) is 0 Å². The molecule has 5 heteroatoms. The normalized spacial score (nSPS) is 19.5. The van der Waals surface area contributed by atoms with Crippen LogP contribution in [0, 0.1) is 0 Å². The van der Waals surface area contributed by atoms with Gasteiger partial charge in [-0.15, -0.1) is 12.6 Å². The van der Waals surface area contributed by atoms with E-state index in [0.29, 0.717) is 18.7 Å². The number of ether oxygens (including phenoxy) is 1. The third-order valence-corrected chi connectivity index (χ3v) is 4.22. The molecular formula is C14H18BrNO2S. The molecule has 0 N–H and O–H groups in total. The molecule has 1 aromatic rings. The summed E-state index contributed by atoms with van der Waals surface area (Å²) in [7, 11) is 0. The zero-order chi connectivity index (χ0) is 13.8. The van der Waals surface area contributed by atoms with Crippen molar-refractivity contribution in [1.29, 1.82) is 0 Å². The van der Waals surface area contributed by atoms with Gasteiger partial charge in [0.05, 0.1) is 11.7 Å². The van der Waals surface area contributed by atoms with Crippen molar-refractivity contribution in [3.8, 4) is 0 Å². The van der Waals surface area contributed by atoms with Crippen LogP contribution >= 0.6 is 28.6 Å². The van der Waals surface area contributed by atoms with Crippen molar-refractivity contribution in [2.24, 2.45) is 0 Å². The van der Waals surface area contributed by atoms with Gasteiger partial charge in [-0.25, -0.2) is 0 Å². The number of likely N-dealkylation sites (tertiary alicyclic amines) is 1. The maximum Gasteiger partial charge on any atom is 0.255 e. The summed E-state index contributed by atoms with van der Waals surface area (Å²) in [5.41, 5.74) is 0.671. The third-order valence-electron chi connectivity index (χ3n) is 3.25. The lowest BCUT2D eigenvalue weighted by molar-refractivity contribution is 0.00720. The minimum absolute atomic E-state index is 0.0483. The average Bonchev–Trinajstić information content (AvgIpc) is 2.41. The van der Waals surface area contributed by atoms with E-state index in [1.54, 1.807) is 6.07 Å². The van der Waals surface area contributed by atoms with Crippen LogP contribution in [0.1, 0.15) is 30.1 Å². The Morgan fingerprint density at radius 3 is 3.11 bits per heavy atom. The van der Waals surface area contributed by atoms with Crippen LogP contribution in [0.25, 0.3) is 0 Å². The standard InChI is InChI=1S/C14H18BrNO2S/c1-2-18-10-4-3-7-16(9-10)14(17)12-8-11(19)5-6-13(12)15/h5-6,8,10,19H,2-4,7,9H2,1H3. The van der Waals surface area contributed by atoms with Gasteiger partial charge in [0.1, 0.15) is 0 Å². The van der Waals surface area contributed by atoms with Crippen LogP contribution in [-0.2, 0) is 4.74 Å². The zero-order valence-corrected chi connectivity index (χ0v) is 13.4. The number of halogens is 1. The highest BCUT2D eigenvalue weighted by atomic mass is 79.9. The van der Waals surface area contributed by atoms with Gasteiger partial charge in [-0.2, -0.15) is 0 Å². The summed E-state index contributed by atoms with van der Waals surface area (Å²) in [6, 6.07) is 5.53. The molecule has 1 amide bonds. The van der Waals surface area contributed by atoms with Gasteiger partial charge < -0.3 is 9.64 Å². The Labute approximate surface area is 127 Å². The molecule has 0 spiro atoms. The van der Waals surface area contributed by atoms with Gasteiger partial charge in [-0.3, -0.25) is 4.79 Å². The van der Waals surface area contributed by atoms with Crippen LogP contribution < -0.4 is 0 Å². The second-order valence-corrected chi connectivity index (χ2v) is 6.01. The van der Waals surface area contributed by atoms with Crippen molar-refractivity contribution in [3.63, 3.8) is 0 Å². The minimum Gasteiger partial charge on any atom is -0.377 e. The number of nitrogens with zero attached hydrogens (tertiary/aromatic N) is 1. The maximum absolute atomic E-state index is 12.5. The highest BCUT2D eigenvalue weighted by Gasteiger charge is 2.25. The molecule has 2 rings (SSSR count). The van der Waals surface area contributed by atoms with E-state index in [4.69, 9.17) is 4.74 Å².